The van der Waals surface area contributed by atoms with Crippen molar-refractivity contribution >= 4 is 16.9 Å². The molecule has 0 aliphatic rings. The highest BCUT2D eigenvalue weighted by molar-refractivity contribution is 5.88. The van der Waals surface area contributed by atoms with E-state index in [2.05, 4.69) is 0 Å². The van der Waals surface area contributed by atoms with Gasteiger partial charge in [-0.05, 0) is 45.4 Å². The van der Waals surface area contributed by atoms with Crippen LogP contribution in [0.3, 0.4) is 0 Å². The molecule has 0 unspecified atom stereocenters. The molecule has 0 saturated carbocycles. The van der Waals surface area contributed by atoms with E-state index < -0.39 is 5.97 Å². The predicted molar refractivity (Wildman–Crippen MR) is 102 cm³/mol. The monoisotopic (exact) mass is 348 g/mol. The molecule has 4 heteroatoms. The molecule has 0 N–H and O–H groups in total. The van der Waals surface area contributed by atoms with Gasteiger partial charge in [0.1, 0.15) is 5.58 Å². The van der Waals surface area contributed by atoms with Crippen LogP contribution < -0.4 is 10.2 Å². The van der Waals surface area contributed by atoms with E-state index >= 15 is 0 Å². The van der Waals surface area contributed by atoms with Crippen LogP contribution in [0.5, 0.6) is 5.75 Å². The standard InChI is InChI=1S/C22H20O4/c1-13(2)11-19(23)26-22-20(24)17-10-7-15(4)12-18(17)25-21(22)16-8-5-14(3)6-9-16/h5-12H,1-4H3. The summed E-state index contributed by atoms with van der Waals surface area (Å²) in [5.41, 5.74) is 3.62. The molecule has 3 aromatic rings. The number of carbonyl (C=O) groups excluding carboxylic acids is 1. The summed E-state index contributed by atoms with van der Waals surface area (Å²) in [5.74, 6) is -0.437. The van der Waals surface area contributed by atoms with Crippen LogP contribution in [0.2, 0.25) is 0 Å². The lowest BCUT2D eigenvalue weighted by atomic mass is 10.1. The third-order valence-electron chi connectivity index (χ3n) is 3.93. The Kier molecular flexibility index (Phi) is 4.76. The van der Waals surface area contributed by atoms with Crippen molar-refractivity contribution in [2.75, 3.05) is 0 Å². The predicted octanol–water partition coefficient (Wildman–Crippen LogP) is 4.95. The highest BCUT2D eigenvalue weighted by Crippen LogP contribution is 2.31. The molecule has 0 amide bonds. The van der Waals surface area contributed by atoms with Gasteiger partial charge in [0, 0.05) is 11.6 Å². The highest BCUT2D eigenvalue weighted by Gasteiger charge is 2.20. The molecule has 1 aromatic heterocycles. The Morgan fingerprint density at radius 1 is 1.00 bits per heavy atom. The zero-order valence-corrected chi connectivity index (χ0v) is 15.3. The van der Waals surface area contributed by atoms with Crippen molar-refractivity contribution in [3.8, 4) is 17.1 Å². The molecule has 132 valence electrons. The van der Waals surface area contributed by atoms with Gasteiger partial charge >= 0.3 is 5.97 Å². The lowest BCUT2D eigenvalue weighted by Gasteiger charge is -2.10. The van der Waals surface area contributed by atoms with Crippen LogP contribution in [0.1, 0.15) is 25.0 Å². The SMILES string of the molecule is CC(C)=CC(=O)Oc1c(-c2ccc(C)cc2)oc2cc(C)ccc2c1=O. The third kappa shape index (κ3) is 3.59. The van der Waals surface area contributed by atoms with Crippen molar-refractivity contribution in [3.05, 3.63) is 75.5 Å². The lowest BCUT2D eigenvalue weighted by molar-refractivity contribution is -0.129. The summed E-state index contributed by atoms with van der Waals surface area (Å²) in [5, 5.41) is 0.381. The molecular formula is C22H20O4. The minimum atomic E-state index is -0.600. The molecule has 0 spiro atoms. The van der Waals surface area contributed by atoms with Gasteiger partial charge in [0.2, 0.25) is 11.2 Å². The molecule has 1 heterocycles. The largest absolute Gasteiger partial charge is 0.452 e. The Morgan fingerprint density at radius 3 is 2.31 bits per heavy atom. The van der Waals surface area contributed by atoms with Gasteiger partial charge in [-0.2, -0.15) is 0 Å². The second-order valence-electron chi connectivity index (χ2n) is 6.60. The second-order valence-corrected chi connectivity index (χ2v) is 6.60. The maximum absolute atomic E-state index is 13.0. The number of benzene rings is 2. The van der Waals surface area contributed by atoms with Gasteiger partial charge in [0.05, 0.1) is 5.39 Å². The number of hydrogen-bond acceptors (Lipinski definition) is 4. The summed E-state index contributed by atoms with van der Waals surface area (Å²) >= 11 is 0. The van der Waals surface area contributed by atoms with Crippen molar-refractivity contribution in [2.45, 2.75) is 27.7 Å². The maximum Gasteiger partial charge on any atom is 0.336 e. The van der Waals surface area contributed by atoms with Crippen LogP contribution in [0.4, 0.5) is 0 Å². The van der Waals surface area contributed by atoms with Crippen LogP contribution in [0.25, 0.3) is 22.3 Å². The van der Waals surface area contributed by atoms with Crippen molar-refractivity contribution in [2.24, 2.45) is 0 Å². The number of rotatable bonds is 3. The molecule has 2 aromatic carbocycles. The zero-order valence-electron chi connectivity index (χ0n) is 15.3. The summed E-state index contributed by atoms with van der Waals surface area (Å²) in [7, 11) is 0. The average molecular weight is 348 g/mol. The summed E-state index contributed by atoms with van der Waals surface area (Å²) in [6, 6.07) is 12.8. The molecule has 0 aliphatic carbocycles. The van der Waals surface area contributed by atoms with E-state index in [4.69, 9.17) is 9.15 Å². The highest BCUT2D eigenvalue weighted by atomic mass is 16.5. The van der Waals surface area contributed by atoms with E-state index in [0.29, 0.717) is 16.5 Å². The fourth-order valence-electron chi connectivity index (χ4n) is 2.64. The van der Waals surface area contributed by atoms with Crippen molar-refractivity contribution in [3.63, 3.8) is 0 Å². The van der Waals surface area contributed by atoms with Gasteiger partial charge in [0.15, 0.2) is 5.76 Å². The number of aryl methyl sites for hydroxylation is 2. The Bertz CT molecular complexity index is 1070. The molecule has 4 nitrogen and oxygen atoms in total. The smallest absolute Gasteiger partial charge is 0.336 e. The first-order chi connectivity index (χ1) is 12.3. The maximum atomic E-state index is 13.0. The van der Waals surface area contributed by atoms with E-state index in [-0.39, 0.29) is 16.9 Å². The Labute approximate surface area is 151 Å². The minimum Gasteiger partial charge on any atom is -0.452 e. The van der Waals surface area contributed by atoms with Crippen LogP contribution in [0.15, 0.2) is 63.3 Å². The van der Waals surface area contributed by atoms with Gasteiger partial charge < -0.3 is 9.15 Å². The zero-order chi connectivity index (χ0) is 18.8. The van der Waals surface area contributed by atoms with Gasteiger partial charge in [-0.25, -0.2) is 4.79 Å². The number of hydrogen-bond donors (Lipinski definition) is 0. The van der Waals surface area contributed by atoms with Crippen molar-refractivity contribution in [1.82, 2.24) is 0 Å². The first-order valence-corrected chi connectivity index (χ1v) is 8.36. The average Bonchev–Trinajstić information content (AvgIpc) is 2.57. The van der Waals surface area contributed by atoms with Gasteiger partial charge in [-0.1, -0.05) is 41.5 Å². The topological polar surface area (TPSA) is 56.5 Å². The summed E-state index contributed by atoms with van der Waals surface area (Å²) in [6.45, 7) is 7.47. The quantitative estimate of drug-likeness (QED) is 0.496. The van der Waals surface area contributed by atoms with Crippen LogP contribution in [0, 0.1) is 13.8 Å². The first-order valence-electron chi connectivity index (χ1n) is 8.36. The van der Waals surface area contributed by atoms with Crippen LogP contribution >= 0.6 is 0 Å². The van der Waals surface area contributed by atoms with E-state index in [1.54, 1.807) is 26.0 Å². The molecule has 0 aliphatic heterocycles. The van der Waals surface area contributed by atoms with Gasteiger partial charge in [-0.15, -0.1) is 0 Å². The lowest BCUT2D eigenvalue weighted by Crippen LogP contribution is -2.14. The summed E-state index contributed by atoms with van der Waals surface area (Å²) in [6.07, 6.45) is 1.34. The number of carbonyl (C=O) groups is 1. The Hall–Kier alpha value is -3.14. The van der Waals surface area contributed by atoms with Crippen molar-refractivity contribution in [1.29, 1.82) is 0 Å². The normalized spacial score (nSPS) is 10.6. The fourth-order valence-corrected chi connectivity index (χ4v) is 2.64. The molecular weight excluding hydrogens is 328 g/mol. The number of fused-ring (bicyclic) bond motifs is 1. The molecule has 0 fully saturated rings. The molecule has 26 heavy (non-hydrogen) atoms. The molecule has 0 bridgehead atoms. The fraction of sp³-hybridized carbons (Fsp3) is 0.182. The molecule has 0 atom stereocenters. The van der Waals surface area contributed by atoms with E-state index in [0.717, 1.165) is 16.7 Å². The van der Waals surface area contributed by atoms with Crippen molar-refractivity contribution < 1.29 is 13.9 Å². The number of esters is 1. The van der Waals surface area contributed by atoms with Gasteiger partial charge in [-0.3, -0.25) is 4.79 Å². The van der Waals surface area contributed by atoms with Crippen LogP contribution in [-0.2, 0) is 4.79 Å². The Balaban J connectivity index is 2.26. The second kappa shape index (κ2) is 7.00. The summed E-state index contributed by atoms with van der Waals surface area (Å²) < 4.78 is 11.4. The van der Waals surface area contributed by atoms with E-state index in [9.17, 15) is 9.59 Å². The molecule has 0 radical (unpaired) electrons. The number of ether oxygens (including phenoxy) is 1. The van der Waals surface area contributed by atoms with E-state index in [1.807, 2.05) is 44.2 Å². The summed E-state index contributed by atoms with van der Waals surface area (Å²) in [4.78, 5) is 25.1. The third-order valence-corrected chi connectivity index (χ3v) is 3.93. The molecule has 3 rings (SSSR count). The minimum absolute atomic E-state index is 0.0901. The van der Waals surface area contributed by atoms with E-state index in [1.165, 1.54) is 6.08 Å². The first kappa shape index (κ1) is 17.7. The van der Waals surface area contributed by atoms with Gasteiger partial charge in [0.25, 0.3) is 0 Å². The van der Waals surface area contributed by atoms with Crippen LogP contribution in [-0.4, -0.2) is 5.97 Å². The Morgan fingerprint density at radius 2 is 1.65 bits per heavy atom. The molecule has 0 saturated heterocycles. The number of allylic oxidation sites excluding steroid dienone is 1.